The Morgan fingerprint density at radius 1 is 1.17 bits per heavy atom. The summed E-state index contributed by atoms with van der Waals surface area (Å²) in [6, 6.07) is 5.87. The Kier molecular flexibility index (Phi) is 9.19. The van der Waals surface area contributed by atoms with E-state index in [9.17, 15) is 19.5 Å². The largest absolute Gasteiger partial charge is 0.508 e. The summed E-state index contributed by atoms with van der Waals surface area (Å²) in [7, 11) is 0. The molecule has 132 valence electrons. The first kappa shape index (κ1) is 19.7. The van der Waals surface area contributed by atoms with Crippen molar-refractivity contribution >= 4 is 18.1 Å². The zero-order valence-corrected chi connectivity index (χ0v) is 14.1. The highest BCUT2D eigenvalue weighted by Crippen LogP contribution is 2.11. The summed E-state index contributed by atoms with van der Waals surface area (Å²) in [5, 5.41) is 14.6. The predicted molar refractivity (Wildman–Crippen MR) is 91.6 cm³/mol. The Morgan fingerprint density at radius 3 is 2.50 bits per heavy atom. The lowest BCUT2D eigenvalue weighted by Crippen LogP contribution is -2.45. The molecule has 1 aromatic rings. The number of unbranched alkanes of at least 4 members (excludes halogenated alkanes) is 2. The third kappa shape index (κ3) is 7.76. The van der Waals surface area contributed by atoms with Gasteiger partial charge in [-0.3, -0.25) is 14.4 Å². The summed E-state index contributed by atoms with van der Waals surface area (Å²) < 4.78 is 0. The Balaban J connectivity index is 2.34. The van der Waals surface area contributed by atoms with Crippen LogP contribution in [0.5, 0.6) is 5.75 Å². The van der Waals surface area contributed by atoms with Crippen LogP contribution in [0.15, 0.2) is 24.3 Å². The minimum absolute atomic E-state index is 0.157. The number of hydrogen-bond acceptors (Lipinski definition) is 4. The molecule has 24 heavy (non-hydrogen) atoms. The van der Waals surface area contributed by atoms with E-state index in [-0.39, 0.29) is 17.4 Å². The highest BCUT2D eigenvalue weighted by molar-refractivity contribution is 5.83. The van der Waals surface area contributed by atoms with Gasteiger partial charge >= 0.3 is 0 Å². The van der Waals surface area contributed by atoms with Crippen LogP contribution in [0.3, 0.4) is 0 Å². The number of aromatic hydroxyl groups is 1. The van der Waals surface area contributed by atoms with E-state index in [1.807, 2.05) is 6.92 Å². The fourth-order valence-corrected chi connectivity index (χ4v) is 2.31. The molecule has 0 aliphatic heterocycles. The molecule has 1 rings (SSSR count). The first-order valence-corrected chi connectivity index (χ1v) is 8.33. The van der Waals surface area contributed by atoms with Crippen LogP contribution < -0.4 is 10.6 Å². The number of Topliss-reactive ketones (excluding diaryl/α,β-unsaturated/α-hetero) is 1. The van der Waals surface area contributed by atoms with Gasteiger partial charge in [-0.25, -0.2) is 0 Å². The molecule has 0 saturated heterocycles. The number of carbonyl (C=O) groups excluding carboxylic acids is 3. The van der Waals surface area contributed by atoms with Gasteiger partial charge in [-0.05, 0) is 30.5 Å². The van der Waals surface area contributed by atoms with Crippen LogP contribution in [-0.4, -0.2) is 35.8 Å². The van der Waals surface area contributed by atoms with Crippen LogP contribution in [0.2, 0.25) is 0 Å². The van der Waals surface area contributed by atoms with Gasteiger partial charge in [0.2, 0.25) is 12.3 Å². The third-order valence-electron chi connectivity index (χ3n) is 3.79. The lowest BCUT2D eigenvalue weighted by Gasteiger charge is -2.16. The molecule has 0 saturated carbocycles. The van der Waals surface area contributed by atoms with Gasteiger partial charge in [0, 0.05) is 25.8 Å². The van der Waals surface area contributed by atoms with E-state index in [0.29, 0.717) is 32.2 Å². The highest BCUT2D eigenvalue weighted by atomic mass is 16.3. The number of rotatable bonds is 12. The minimum Gasteiger partial charge on any atom is -0.508 e. The molecule has 0 radical (unpaired) electrons. The van der Waals surface area contributed by atoms with Gasteiger partial charge in [-0.15, -0.1) is 0 Å². The molecule has 0 aliphatic carbocycles. The number of phenolic OH excluding ortho intramolecular Hbond substituents is 1. The van der Waals surface area contributed by atoms with Crippen molar-refractivity contribution in [3.8, 4) is 5.75 Å². The quantitative estimate of drug-likeness (QED) is 0.400. The van der Waals surface area contributed by atoms with E-state index in [1.54, 1.807) is 24.3 Å². The van der Waals surface area contributed by atoms with E-state index in [0.717, 1.165) is 24.8 Å². The molecule has 1 aromatic carbocycles. The summed E-state index contributed by atoms with van der Waals surface area (Å²) >= 11 is 0. The first-order chi connectivity index (χ1) is 11.6. The third-order valence-corrected chi connectivity index (χ3v) is 3.79. The number of hydrogen-bond donors (Lipinski definition) is 3. The van der Waals surface area contributed by atoms with Crippen molar-refractivity contribution in [3.63, 3.8) is 0 Å². The van der Waals surface area contributed by atoms with E-state index in [2.05, 4.69) is 10.6 Å². The molecule has 6 nitrogen and oxygen atoms in total. The fraction of sp³-hybridized carbons (Fsp3) is 0.500. The summed E-state index contributed by atoms with van der Waals surface area (Å²) in [6.45, 7) is 2.38. The molecule has 0 aliphatic rings. The van der Waals surface area contributed by atoms with Crippen LogP contribution in [0.25, 0.3) is 0 Å². The second-order valence-corrected chi connectivity index (χ2v) is 5.70. The monoisotopic (exact) mass is 334 g/mol. The van der Waals surface area contributed by atoms with E-state index in [1.165, 1.54) is 0 Å². The van der Waals surface area contributed by atoms with Crippen molar-refractivity contribution in [1.29, 1.82) is 0 Å². The molecule has 0 unspecified atom stereocenters. The van der Waals surface area contributed by atoms with Gasteiger partial charge < -0.3 is 15.7 Å². The molecule has 2 amide bonds. The van der Waals surface area contributed by atoms with Crippen molar-refractivity contribution in [1.82, 2.24) is 10.6 Å². The molecule has 0 bridgehead atoms. The molecule has 0 fully saturated rings. The Labute approximate surface area is 142 Å². The van der Waals surface area contributed by atoms with Crippen molar-refractivity contribution < 1.29 is 19.5 Å². The molecule has 0 aromatic heterocycles. The van der Waals surface area contributed by atoms with Crippen molar-refractivity contribution in [3.05, 3.63) is 29.8 Å². The summed E-state index contributed by atoms with van der Waals surface area (Å²) in [4.78, 5) is 34.0. The van der Waals surface area contributed by atoms with Crippen LogP contribution in [0, 0.1) is 0 Å². The van der Waals surface area contributed by atoms with Crippen molar-refractivity contribution in [2.45, 2.75) is 51.5 Å². The van der Waals surface area contributed by atoms with E-state index in [4.69, 9.17) is 0 Å². The number of nitrogens with one attached hydrogen (secondary N) is 2. The second-order valence-electron chi connectivity index (χ2n) is 5.70. The maximum atomic E-state index is 12.2. The van der Waals surface area contributed by atoms with Crippen molar-refractivity contribution in [2.24, 2.45) is 0 Å². The van der Waals surface area contributed by atoms with Gasteiger partial charge in [0.25, 0.3) is 0 Å². The van der Waals surface area contributed by atoms with Crippen LogP contribution in [0.1, 0.15) is 44.6 Å². The van der Waals surface area contributed by atoms with Gasteiger partial charge in [-0.2, -0.15) is 0 Å². The van der Waals surface area contributed by atoms with E-state index >= 15 is 0 Å². The topological polar surface area (TPSA) is 95.5 Å². The van der Waals surface area contributed by atoms with Gasteiger partial charge in [0.1, 0.15) is 17.6 Å². The standard InChI is InChI=1S/C18H26N2O4/c1-2-15(22)6-4-3-5-11-19-18(24)17(20-13-21)12-14-7-9-16(23)10-8-14/h7-10,13,17,23H,2-6,11-12H2,1H3,(H,19,24)(H,20,21)/t17-/m0/s1. The maximum Gasteiger partial charge on any atom is 0.242 e. The molecule has 0 spiro atoms. The average Bonchev–Trinajstić information content (AvgIpc) is 2.58. The summed E-state index contributed by atoms with van der Waals surface area (Å²) in [6.07, 6.45) is 4.57. The Morgan fingerprint density at radius 2 is 1.88 bits per heavy atom. The second kappa shape index (κ2) is 11.2. The Bertz CT molecular complexity index is 528. The molecule has 6 heteroatoms. The zero-order chi connectivity index (χ0) is 17.8. The molecular formula is C18H26N2O4. The van der Waals surface area contributed by atoms with E-state index < -0.39 is 6.04 Å². The molecular weight excluding hydrogens is 308 g/mol. The highest BCUT2D eigenvalue weighted by Gasteiger charge is 2.17. The van der Waals surface area contributed by atoms with Crippen LogP contribution in [-0.2, 0) is 20.8 Å². The van der Waals surface area contributed by atoms with Crippen LogP contribution in [0.4, 0.5) is 0 Å². The fourth-order valence-electron chi connectivity index (χ4n) is 2.31. The van der Waals surface area contributed by atoms with Crippen molar-refractivity contribution in [2.75, 3.05) is 6.54 Å². The maximum absolute atomic E-state index is 12.2. The normalized spacial score (nSPS) is 11.5. The summed E-state index contributed by atoms with van der Waals surface area (Å²) in [5.74, 6) is 0.188. The van der Waals surface area contributed by atoms with Gasteiger partial charge in [0.05, 0.1) is 0 Å². The zero-order valence-electron chi connectivity index (χ0n) is 14.1. The lowest BCUT2D eigenvalue weighted by atomic mass is 10.1. The first-order valence-electron chi connectivity index (χ1n) is 8.33. The van der Waals surface area contributed by atoms with Gasteiger partial charge in [0.15, 0.2) is 0 Å². The Hall–Kier alpha value is -2.37. The average molecular weight is 334 g/mol. The molecule has 1 atom stereocenters. The van der Waals surface area contributed by atoms with Gasteiger partial charge in [-0.1, -0.05) is 25.5 Å². The summed E-state index contributed by atoms with van der Waals surface area (Å²) in [5.41, 5.74) is 0.848. The smallest absolute Gasteiger partial charge is 0.242 e. The molecule has 0 heterocycles. The number of benzene rings is 1. The lowest BCUT2D eigenvalue weighted by molar-refractivity contribution is -0.125. The molecule has 3 N–H and O–H groups in total. The SMILES string of the molecule is CCC(=O)CCCCCNC(=O)[C@H](Cc1ccc(O)cc1)NC=O. The number of ketones is 1. The number of phenols is 1. The predicted octanol–water partition coefficient (Wildman–Crippen LogP) is 1.70. The van der Waals surface area contributed by atoms with Crippen LogP contribution >= 0.6 is 0 Å². The number of amides is 2. The minimum atomic E-state index is -0.645. The number of carbonyl (C=O) groups is 3.